The van der Waals surface area contributed by atoms with Crippen molar-refractivity contribution >= 4 is 0 Å². The van der Waals surface area contributed by atoms with Gasteiger partial charge in [-0.25, -0.2) is 4.98 Å². The maximum Gasteiger partial charge on any atom is 0.181 e. The van der Waals surface area contributed by atoms with Crippen molar-refractivity contribution in [2.75, 3.05) is 13.1 Å². The first-order valence-electron chi connectivity index (χ1n) is 8.67. The molecular formula is C18H22N6O. The summed E-state index contributed by atoms with van der Waals surface area (Å²) in [5.41, 5.74) is 3.21. The van der Waals surface area contributed by atoms with Gasteiger partial charge in [0.05, 0.1) is 5.69 Å². The molecule has 0 aromatic carbocycles. The van der Waals surface area contributed by atoms with Crippen molar-refractivity contribution in [1.29, 1.82) is 0 Å². The number of pyridine rings is 1. The molecule has 1 saturated heterocycles. The first-order valence-corrected chi connectivity index (χ1v) is 8.67. The quantitative estimate of drug-likeness (QED) is 0.787. The molecule has 0 spiro atoms. The molecule has 25 heavy (non-hydrogen) atoms. The number of nitrogens with one attached hydrogen (secondary N) is 1. The van der Waals surface area contributed by atoms with Crippen LogP contribution in [0.4, 0.5) is 0 Å². The van der Waals surface area contributed by atoms with Gasteiger partial charge in [-0.05, 0) is 51.9 Å². The Bertz CT molecular complexity index is 813. The lowest BCUT2D eigenvalue weighted by atomic mass is 9.95. The van der Waals surface area contributed by atoms with Crippen LogP contribution in [-0.4, -0.2) is 43.3 Å². The van der Waals surface area contributed by atoms with E-state index in [1.807, 2.05) is 26.0 Å². The Balaban J connectivity index is 1.38. The van der Waals surface area contributed by atoms with Crippen molar-refractivity contribution in [3.8, 4) is 11.4 Å². The van der Waals surface area contributed by atoms with Crippen LogP contribution in [0.15, 0.2) is 29.0 Å². The van der Waals surface area contributed by atoms with Crippen LogP contribution in [0, 0.1) is 13.8 Å². The molecule has 7 heteroatoms. The summed E-state index contributed by atoms with van der Waals surface area (Å²) in [7, 11) is 0. The average molecular weight is 338 g/mol. The molecular weight excluding hydrogens is 316 g/mol. The standard InChI is InChI=1S/C18H22N6O/c1-12-16(13(2)25-23-12)11-24-9-5-15(6-10-24)18-20-17(21-22-18)14-3-7-19-8-4-14/h3-4,7-8,15H,5-6,9-11H2,1-2H3,(H,20,21,22). The fourth-order valence-corrected chi connectivity index (χ4v) is 3.40. The Kier molecular flexibility index (Phi) is 4.31. The zero-order valence-electron chi connectivity index (χ0n) is 14.6. The highest BCUT2D eigenvalue weighted by atomic mass is 16.5. The second kappa shape index (κ2) is 6.76. The molecule has 130 valence electrons. The molecule has 1 aliphatic heterocycles. The summed E-state index contributed by atoms with van der Waals surface area (Å²) in [6, 6.07) is 3.86. The van der Waals surface area contributed by atoms with E-state index in [1.165, 1.54) is 5.56 Å². The minimum absolute atomic E-state index is 0.434. The maximum atomic E-state index is 5.27. The van der Waals surface area contributed by atoms with Crippen LogP contribution in [-0.2, 0) is 6.54 Å². The van der Waals surface area contributed by atoms with Crippen molar-refractivity contribution < 1.29 is 4.52 Å². The predicted octanol–water partition coefficient (Wildman–Crippen LogP) is 2.85. The smallest absolute Gasteiger partial charge is 0.181 e. The van der Waals surface area contributed by atoms with Gasteiger partial charge in [-0.1, -0.05) is 5.16 Å². The third kappa shape index (κ3) is 3.32. The van der Waals surface area contributed by atoms with Crippen molar-refractivity contribution in [2.45, 2.75) is 39.2 Å². The number of likely N-dealkylation sites (tertiary alicyclic amines) is 1. The number of piperidine rings is 1. The molecule has 0 aliphatic carbocycles. The monoisotopic (exact) mass is 338 g/mol. The van der Waals surface area contributed by atoms with Crippen LogP contribution in [0.1, 0.15) is 41.6 Å². The van der Waals surface area contributed by atoms with E-state index < -0.39 is 0 Å². The summed E-state index contributed by atoms with van der Waals surface area (Å²) in [5, 5.41) is 11.5. The Labute approximate surface area is 146 Å². The molecule has 0 bridgehead atoms. The van der Waals surface area contributed by atoms with Gasteiger partial charge in [-0.2, -0.15) is 5.10 Å². The molecule has 7 nitrogen and oxygen atoms in total. The number of hydrogen-bond acceptors (Lipinski definition) is 6. The van der Waals surface area contributed by atoms with Gasteiger partial charge in [0.25, 0.3) is 0 Å². The summed E-state index contributed by atoms with van der Waals surface area (Å²) in [6.07, 6.45) is 5.68. The van der Waals surface area contributed by atoms with E-state index >= 15 is 0 Å². The molecule has 0 amide bonds. The number of aryl methyl sites for hydroxylation is 2. The van der Waals surface area contributed by atoms with E-state index in [0.29, 0.717) is 5.92 Å². The van der Waals surface area contributed by atoms with Gasteiger partial charge in [0.2, 0.25) is 0 Å². The number of nitrogens with zero attached hydrogens (tertiary/aromatic N) is 5. The van der Waals surface area contributed by atoms with Crippen LogP contribution in [0.3, 0.4) is 0 Å². The molecule has 0 atom stereocenters. The SMILES string of the molecule is Cc1noc(C)c1CN1CCC(c2nc(-c3ccncc3)n[nH]2)CC1. The molecule has 1 aliphatic rings. The molecule has 1 fully saturated rings. The third-order valence-electron chi connectivity index (χ3n) is 4.98. The number of aromatic nitrogens is 5. The van der Waals surface area contributed by atoms with Crippen molar-refractivity contribution in [2.24, 2.45) is 0 Å². The highest BCUT2D eigenvalue weighted by Crippen LogP contribution is 2.28. The van der Waals surface area contributed by atoms with E-state index in [1.54, 1.807) is 12.4 Å². The zero-order chi connectivity index (χ0) is 17.2. The lowest BCUT2D eigenvalue weighted by Crippen LogP contribution is -2.33. The molecule has 3 aromatic heterocycles. The highest BCUT2D eigenvalue weighted by Gasteiger charge is 2.24. The van der Waals surface area contributed by atoms with Gasteiger partial charge in [-0.3, -0.25) is 15.0 Å². The van der Waals surface area contributed by atoms with E-state index in [0.717, 1.165) is 61.1 Å². The van der Waals surface area contributed by atoms with Crippen LogP contribution in [0.25, 0.3) is 11.4 Å². The molecule has 4 heterocycles. The maximum absolute atomic E-state index is 5.27. The number of rotatable bonds is 4. The van der Waals surface area contributed by atoms with Crippen LogP contribution >= 0.6 is 0 Å². The number of hydrogen-bond donors (Lipinski definition) is 1. The minimum atomic E-state index is 0.434. The zero-order valence-corrected chi connectivity index (χ0v) is 14.6. The molecule has 4 rings (SSSR count). The van der Waals surface area contributed by atoms with E-state index in [9.17, 15) is 0 Å². The van der Waals surface area contributed by atoms with Gasteiger partial charge in [0, 0.05) is 36.0 Å². The van der Waals surface area contributed by atoms with Crippen molar-refractivity contribution in [1.82, 2.24) is 30.2 Å². The molecule has 0 saturated carbocycles. The number of aromatic amines is 1. The van der Waals surface area contributed by atoms with Gasteiger partial charge in [0.15, 0.2) is 5.82 Å². The first-order chi connectivity index (χ1) is 12.2. The van der Waals surface area contributed by atoms with Crippen molar-refractivity contribution in [3.05, 3.63) is 47.4 Å². The topological polar surface area (TPSA) is 83.7 Å². The fourth-order valence-electron chi connectivity index (χ4n) is 3.40. The highest BCUT2D eigenvalue weighted by molar-refractivity contribution is 5.53. The van der Waals surface area contributed by atoms with Crippen LogP contribution < -0.4 is 0 Å². The molecule has 1 N–H and O–H groups in total. The van der Waals surface area contributed by atoms with Gasteiger partial charge < -0.3 is 4.52 Å². The van der Waals surface area contributed by atoms with E-state index in [-0.39, 0.29) is 0 Å². The van der Waals surface area contributed by atoms with Gasteiger partial charge >= 0.3 is 0 Å². The summed E-state index contributed by atoms with van der Waals surface area (Å²) >= 11 is 0. The summed E-state index contributed by atoms with van der Waals surface area (Å²) < 4.78 is 5.27. The number of H-pyrrole nitrogens is 1. The van der Waals surface area contributed by atoms with Crippen molar-refractivity contribution in [3.63, 3.8) is 0 Å². The van der Waals surface area contributed by atoms with Gasteiger partial charge in [0.1, 0.15) is 11.6 Å². The normalized spacial score (nSPS) is 16.4. The lowest BCUT2D eigenvalue weighted by molar-refractivity contribution is 0.200. The first kappa shape index (κ1) is 16.0. The molecule has 0 radical (unpaired) electrons. The van der Waals surface area contributed by atoms with E-state index in [4.69, 9.17) is 9.51 Å². The largest absolute Gasteiger partial charge is 0.361 e. The minimum Gasteiger partial charge on any atom is -0.361 e. The Hall–Kier alpha value is -2.54. The second-order valence-electron chi connectivity index (χ2n) is 6.63. The molecule has 3 aromatic rings. The summed E-state index contributed by atoms with van der Waals surface area (Å²) in [5.74, 6) is 3.10. The van der Waals surface area contributed by atoms with Crippen LogP contribution in [0.2, 0.25) is 0 Å². The Morgan fingerprint density at radius 2 is 1.96 bits per heavy atom. The van der Waals surface area contributed by atoms with E-state index in [2.05, 4.69) is 25.2 Å². The fraction of sp³-hybridized carbons (Fsp3) is 0.444. The average Bonchev–Trinajstić information content (AvgIpc) is 3.26. The lowest BCUT2D eigenvalue weighted by Gasteiger charge is -2.30. The second-order valence-corrected chi connectivity index (χ2v) is 6.63. The molecule has 0 unspecified atom stereocenters. The van der Waals surface area contributed by atoms with Gasteiger partial charge in [-0.15, -0.1) is 0 Å². The van der Waals surface area contributed by atoms with Crippen LogP contribution in [0.5, 0.6) is 0 Å². The summed E-state index contributed by atoms with van der Waals surface area (Å²) in [4.78, 5) is 11.2. The predicted molar refractivity (Wildman–Crippen MR) is 92.8 cm³/mol. The Morgan fingerprint density at radius 1 is 1.20 bits per heavy atom. The summed E-state index contributed by atoms with van der Waals surface area (Å²) in [6.45, 7) is 6.98. The Morgan fingerprint density at radius 3 is 2.64 bits per heavy atom. The third-order valence-corrected chi connectivity index (χ3v) is 4.98.